The lowest BCUT2D eigenvalue weighted by Crippen LogP contribution is -2.31. The molecule has 0 radical (unpaired) electrons. The molecule has 4 N–H and O–H groups in total. The Morgan fingerprint density at radius 3 is 2.25 bits per heavy atom. The Balaban J connectivity index is 1.68. The second-order valence-corrected chi connectivity index (χ2v) is 6.24. The van der Waals surface area contributed by atoms with E-state index < -0.39 is 4.92 Å². The molecular formula is C18H20ClN5O4. The lowest BCUT2D eigenvalue weighted by Gasteiger charge is -2.10. The Morgan fingerprint density at radius 1 is 1.04 bits per heavy atom. The van der Waals surface area contributed by atoms with Crippen LogP contribution in [0.15, 0.2) is 42.5 Å². The molecule has 0 aliphatic heterocycles. The highest BCUT2D eigenvalue weighted by Gasteiger charge is 2.09. The molecule has 0 aromatic heterocycles. The minimum atomic E-state index is -0.511. The van der Waals surface area contributed by atoms with E-state index in [1.165, 1.54) is 25.1 Å². The lowest BCUT2D eigenvalue weighted by atomic mass is 10.2. The van der Waals surface area contributed by atoms with Gasteiger partial charge in [0.2, 0.25) is 11.8 Å². The summed E-state index contributed by atoms with van der Waals surface area (Å²) in [6, 6.07) is 11.0. The zero-order valence-electron chi connectivity index (χ0n) is 15.1. The van der Waals surface area contributed by atoms with E-state index in [2.05, 4.69) is 21.3 Å². The molecule has 2 aromatic rings. The van der Waals surface area contributed by atoms with E-state index in [4.69, 9.17) is 11.6 Å². The van der Waals surface area contributed by atoms with Crippen molar-refractivity contribution in [3.05, 3.63) is 57.6 Å². The van der Waals surface area contributed by atoms with Gasteiger partial charge in [-0.2, -0.15) is 0 Å². The Bertz CT molecular complexity index is 858. The summed E-state index contributed by atoms with van der Waals surface area (Å²) in [5.74, 6) is -0.370. The van der Waals surface area contributed by atoms with E-state index in [-0.39, 0.29) is 29.1 Å². The van der Waals surface area contributed by atoms with Gasteiger partial charge in [-0.1, -0.05) is 11.6 Å². The van der Waals surface area contributed by atoms with Crippen molar-refractivity contribution in [2.75, 3.05) is 35.6 Å². The number of nitro benzene ring substituents is 1. The number of hydrogen-bond acceptors (Lipinski definition) is 6. The van der Waals surface area contributed by atoms with Crippen molar-refractivity contribution < 1.29 is 14.5 Å². The molecule has 2 aromatic carbocycles. The first kappa shape index (κ1) is 21.1. The van der Waals surface area contributed by atoms with E-state index in [1.54, 1.807) is 24.3 Å². The van der Waals surface area contributed by atoms with Crippen molar-refractivity contribution in [2.24, 2.45) is 0 Å². The molecule has 0 saturated carbocycles. The first-order valence-corrected chi connectivity index (χ1v) is 8.79. The highest BCUT2D eigenvalue weighted by Crippen LogP contribution is 2.26. The third kappa shape index (κ3) is 6.86. The number of hydrogen-bond donors (Lipinski definition) is 4. The van der Waals surface area contributed by atoms with Crippen molar-refractivity contribution >= 4 is 46.2 Å². The standard InChI is InChI=1S/C18H20ClN5O4/c1-12(25)22-13-2-4-14(5-3-13)23-18(26)11-20-8-9-21-17-7-6-15(24(27)28)10-16(17)19/h2-7,10,20-21H,8-9,11H2,1H3,(H,22,25)(H,23,26). The molecule has 0 atom stereocenters. The monoisotopic (exact) mass is 405 g/mol. The highest BCUT2D eigenvalue weighted by atomic mass is 35.5. The topological polar surface area (TPSA) is 125 Å². The Kier molecular flexibility index (Phi) is 7.73. The maximum atomic E-state index is 11.9. The van der Waals surface area contributed by atoms with Crippen LogP contribution in [0.5, 0.6) is 0 Å². The zero-order valence-corrected chi connectivity index (χ0v) is 15.9. The third-order valence-electron chi connectivity index (χ3n) is 3.56. The van der Waals surface area contributed by atoms with E-state index in [0.29, 0.717) is 30.2 Å². The minimum absolute atomic E-state index is 0.0737. The van der Waals surface area contributed by atoms with Gasteiger partial charge in [0.05, 0.1) is 22.2 Å². The summed E-state index contributed by atoms with van der Waals surface area (Å²) >= 11 is 5.99. The first-order chi connectivity index (χ1) is 13.3. The van der Waals surface area contributed by atoms with Gasteiger partial charge in [-0.05, 0) is 30.3 Å². The summed E-state index contributed by atoms with van der Waals surface area (Å²) in [4.78, 5) is 33.1. The summed E-state index contributed by atoms with van der Waals surface area (Å²) in [5, 5.41) is 22.3. The predicted molar refractivity (Wildman–Crippen MR) is 109 cm³/mol. The Morgan fingerprint density at radius 2 is 1.68 bits per heavy atom. The summed E-state index contributed by atoms with van der Waals surface area (Å²) in [7, 11) is 0. The van der Waals surface area contributed by atoms with E-state index in [0.717, 1.165) is 0 Å². The fraction of sp³-hybridized carbons (Fsp3) is 0.222. The van der Waals surface area contributed by atoms with Gasteiger partial charge < -0.3 is 21.3 Å². The van der Waals surface area contributed by atoms with Crippen molar-refractivity contribution in [1.82, 2.24) is 5.32 Å². The van der Waals surface area contributed by atoms with Crippen LogP contribution in [0.1, 0.15) is 6.92 Å². The lowest BCUT2D eigenvalue weighted by molar-refractivity contribution is -0.384. The molecule has 10 heteroatoms. The number of nitro groups is 1. The number of nitrogens with zero attached hydrogens (tertiary/aromatic N) is 1. The van der Waals surface area contributed by atoms with Gasteiger partial charge in [-0.3, -0.25) is 19.7 Å². The van der Waals surface area contributed by atoms with Gasteiger partial charge in [0, 0.05) is 43.5 Å². The molecule has 0 unspecified atom stereocenters. The van der Waals surface area contributed by atoms with Crippen LogP contribution in [0.3, 0.4) is 0 Å². The Labute approximate surface area is 166 Å². The fourth-order valence-corrected chi connectivity index (χ4v) is 2.54. The molecule has 2 amide bonds. The van der Waals surface area contributed by atoms with Crippen LogP contribution in [-0.4, -0.2) is 36.4 Å². The number of carbonyl (C=O) groups is 2. The summed E-state index contributed by atoms with van der Waals surface area (Å²) in [6.07, 6.45) is 0. The van der Waals surface area contributed by atoms with Crippen molar-refractivity contribution in [3.8, 4) is 0 Å². The largest absolute Gasteiger partial charge is 0.383 e. The van der Waals surface area contributed by atoms with Gasteiger partial charge in [0.1, 0.15) is 0 Å². The first-order valence-electron chi connectivity index (χ1n) is 8.41. The maximum Gasteiger partial charge on any atom is 0.271 e. The molecule has 0 heterocycles. The van der Waals surface area contributed by atoms with Crippen LogP contribution < -0.4 is 21.3 Å². The highest BCUT2D eigenvalue weighted by molar-refractivity contribution is 6.33. The molecular weight excluding hydrogens is 386 g/mol. The number of amides is 2. The van der Waals surface area contributed by atoms with Gasteiger partial charge in [0.15, 0.2) is 0 Å². The third-order valence-corrected chi connectivity index (χ3v) is 3.87. The minimum Gasteiger partial charge on any atom is -0.383 e. The van der Waals surface area contributed by atoms with Gasteiger partial charge in [0.25, 0.3) is 5.69 Å². The van der Waals surface area contributed by atoms with Crippen LogP contribution >= 0.6 is 11.6 Å². The number of rotatable bonds is 9. The molecule has 0 aliphatic carbocycles. The number of non-ortho nitro benzene ring substituents is 1. The van der Waals surface area contributed by atoms with Crippen LogP contribution in [0.4, 0.5) is 22.7 Å². The number of carbonyl (C=O) groups excluding carboxylic acids is 2. The molecule has 0 fully saturated rings. The number of anilines is 3. The smallest absolute Gasteiger partial charge is 0.271 e. The second kappa shape index (κ2) is 10.2. The maximum absolute atomic E-state index is 11.9. The van der Waals surface area contributed by atoms with Crippen LogP contribution in [0, 0.1) is 10.1 Å². The van der Waals surface area contributed by atoms with Crippen molar-refractivity contribution in [2.45, 2.75) is 6.92 Å². The van der Waals surface area contributed by atoms with Crippen molar-refractivity contribution in [1.29, 1.82) is 0 Å². The summed E-state index contributed by atoms with van der Waals surface area (Å²) in [6.45, 7) is 2.51. The molecule has 9 nitrogen and oxygen atoms in total. The van der Waals surface area contributed by atoms with Crippen LogP contribution in [-0.2, 0) is 9.59 Å². The summed E-state index contributed by atoms with van der Waals surface area (Å²) < 4.78 is 0. The summed E-state index contributed by atoms with van der Waals surface area (Å²) in [5.41, 5.74) is 1.78. The Hall–Kier alpha value is -3.17. The average Bonchev–Trinajstić information content (AvgIpc) is 2.63. The van der Waals surface area contributed by atoms with Gasteiger partial charge in [-0.15, -0.1) is 0 Å². The normalized spacial score (nSPS) is 10.2. The SMILES string of the molecule is CC(=O)Nc1ccc(NC(=O)CNCCNc2ccc([N+](=O)[O-])cc2Cl)cc1. The van der Waals surface area contributed by atoms with Crippen molar-refractivity contribution in [3.63, 3.8) is 0 Å². The van der Waals surface area contributed by atoms with Gasteiger partial charge >= 0.3 is 0 Å². The second-order valence-electron chi connectivity index (χ2n) is 5.83. The van der Waals surface area contributed by atoms with E-state index in [1.807, 2.05) is 0 Å². The van der Waals surface area contributed by atoms with Crippen LogP contribution in [0.2, 0.25) is 5.02 Å². The zero-order chi connectivity index (χ0) is 20.5. The molecule has 28 heavy (non-hydrogen) atoms. The number of nitrogens with one attached hydrogen (secondary N) is 4. The number of halogens is 1. The number of benzene rings is 2. The molecule has 0 aliphatic rings. The van der Waals surface area contributed by atoms with Gasteiger partial charge in [-0.25, -0.2) is 0 Å². The van der Waals surface area contributed by atoms with Crippen LogP contribution in [0.25, 0.3) is 0 Å². The molecule has 0 saturated heterocycles. The average molecular weight is 406 g/mol. The molecule has 148 valence electrons. The fourth-order valence-electron chi connectivity index (χ4n) is 2.29. The van der Waals surface area contributed by atoms with E-state index >= 15 is 0 Å². The molecule has 0 spiro atoms. The molecule has 2 rings (SSSR count). The predicted octanol–water partition coefficient (Wildman–Crippen LogP) is 2.85. The van der Waals surface area contributed by atoms with E-state index in [9.17, 15) is 19.7 Å². The quantitative estimate of drug-likeness (QED) is 0.289. The molecule has 0 bridgehead atoms.